The molecule has 0 fully saturated rings. The highest BCUT2D eigenvalue weighted by molar-refractivity contribution is 9.10. The van der Waals surface area contributed by atoms with Crippen molar-refractivity contribution in [2.45, 2.75) is 13.5 Å². The third-order valence-corrected chi connectivity index (χ3v) is 3.75. The van der Waals surface area contributed by atoms with E-state index in [0.29, 0.717) is 5.82 Å². The van der Waals surface area contributed by atoms with E-state index in [1.807, 2.05) is 6.92 Å². The topological polar surface area (TPSA) is 105 Å². The maximum atomic E-state index is 12.8. The van der Waals surface area contributed by atoms with Crippen molar-refractivity contribution in [3.8, 4) is 5.82 Å². The first kappa shape index (κ1) is 16.9. The smallest absolute Gasteiger partial charge is 0.404 e. The normalized spacial score (nSPS) is 11.5. The number of hydrogen-bond acceptors (Lipinski definition) is 5. The van der Waals surface area contributed by atoms with Gasteiger partial charge in [-0.25, -0.2) is 28.2 Å². The Morgan fingerprint density at radius 2 is 2.30 bits per heavy atom. The van der Waals surface area contributed by atoms with E-state index < -0.39 is 11.8 Å². The molecule has 0 saturated carbocycles. The Morgan fingerprint density at radius 3 is 2.91 bits per heavy atom. The number of nitrogens with zero attached hydrogens (tertiary/aromatic N) is 4. The van der Waals surface area contributed by atoms with Gasteiger partial charge in [0.05, 0.1) is 12.9 Å². The van der Waals surface area contributed by atoms with Gasteiger partial charge in [0, 0.05) is 16.2 Å². The summed E-state index contributed by atoms with van der Waals surface area (Å²) in [5, 5.41) is 3.90. The van der Waals surface area contributed by atoms with Gasteiger partial charge in [-0.1, -0.05) is 0 Å². The Kier molecular flexibility index (Phi) is 5.27. The number of primary amides is 1. The minimum atomic E-state index is -1.03. The Morgan fingerprint density at radius 1 is 1.57 bits per heavy atom. The van der Waals surface area contributed by atoms with E-state index in [2.05, 4.69) is 30.7 Å². The molecule has 10 heteroatoms. The van der Waals surface area contributed by atoms with Crippen molar-refractivity contribution in [3.05, 3.63) is 51.0 Å². The van der Waals surface area contributed by atoms with Gasteiger partial charge < -0.3 is 10.5 Å². The highest BCUT2D eigenvalue weighted by Crippen LogP contribution is 2.16. The largest absolute Gasteiger partial charge is 0.445 e. The number of hydrogen-bond donors (Lipinski definition) is 1. The Balaban J connectivity index is 2.23. The number of nitrogens with two attached hydrogens (primary N) is 1. The Bertz CT molecular complexity index is 814. The van der Waals surface area contributed by atoms with Gasteiger partial charge in [0.25, 0.3) is 0 Å². The molecule has 8 nitrogen and oxygen atoms in total. The third kappa shape index (κ3) is 4.03. The molecular formula is C13H13BrFN5O3. The number of carbonyl (C=O) groups excluding carboxylic acids is 1. The SMILES string of the molecule is Cc1cc(-n2cnn(CC(=CF)COC(N)=O)c2=O)ncc1Br. The molecular weight excluding hydrogens is 373 g/mol. The lowest BCUT2D eigenvalue weighted by Crippen LogP contribution is -2.26. The zero-order valence-corrected chi connectivity index (χ0v) is 13.7. The zero-order valence-electron chi connectivity index (χ0n) is 12.1. The molecule has 0 atom stereocenters. The van der Waals surface area contributed by atoms with Crippen molar-refractivity contribution in [3.63, 3.8) is 0 Å². The predicted molar refractivity (Wildman–Crippen MR) is 82.8 cm³/mol. The molecule has 2 rings (SSSR count). The molecule has 23 heavy (non-hydrogen) atoms. The molecule has 0 aliphatic heterocycles. The molecule has 0 unspecified atom stereocenters. The summed E-state index contributed by atoms with van der Waals surface area (Å²) in [7, 11) is 0. The van der Waals surface area contributed by atoms with Gasteiger partial charge in [-0.2, -0.15) is 5.10 Å². The van der Waals surface area contributed by atoms with E-state index >= 15 is 0 Å². The number of aryl methyl sites for hydroxylation is 1. The summed E-state index contributed by atoms with van der Waals surface area (Å²) in [6.45, 7) is 1.32. The Hall–Kier alpha value is -2.49. The molecule has 1 amide bonds. The van der Waals surface area contributed by atoms with Gasteiger partial charge in [0.2, 0.25) is 0 Å². The van der Waals surface area contributed by atoms with Crippen molar-refractivity contribution in [1.29, 1.82) is 0 Å². The molecule has 0 radical (unpaired) electrons. The fourth-order valence-corrected chi connectivity index (χ4v) is 1.94. The van der Waals surface area contributed by atoms with Gasteiger partial charge in [-0.3, -0.25) is 0 Å². The van der Waals surface area contributed by atoms with Crippen LogP contribution in [0.2, 0.25) is 0 Å². The van der Waals surface area contributed by atoms with E-state index in [0.717, 1.165) is 14.7 Å². The predicted octanol–water partition coefficient (Wildman–Crippen LogP) is 1.45. The molecule has 0 aliphatic rings. The second kappa shape index (κ2) is 7.18. The molecule has 0 aromatic carbocycles. The van der Waals surface area contributed by atoms with Gasteiger partial charge >= 0.3 is 11.8 Å². The van der Waals surface area contributed by atoms with Crippen LogP contribution in [0.5, 0.6) is 0 Å². The monoisotopic (exact) mass is 385 g/mol. The number of ether oxygens (including phenoxy) is 1. The molecule has 2 heterocycles. The van der Waals surface area contributed by atoms with Crippen LogP contribution in [0, 0.1) is 6.92 Å². The second-order valence-electron chi connectivity index (χ2n) is 4.61. The van der Waals surface area contributed by atoms with Gasteiger partial charge in [-0.15, -0.1) is 0 Å². The van der Waals surface area contributed by atoms with Gasteiger partial charge in [0.1, 0.15) is 18.8 Å². The summed E-state index contributed by atoms with van der Waals surface area (Å²) in [6, 6.07) is 1.71. The fraction of sp³-hybridized carbons (Fsp3) is 0.231. The van der Waals surface area contributed by atoms with E-state index in [1.54, 1.807) is 12.3 Å². The second-order valence-corrected chi connectivity index (χ2v) is 5.46. The summed E-state index contributed by atoms with van der Waals surface area (Å²) >= 11 is 3.33. The van der Waals surface area contributed by atoms with E-state index in [9.17, 15) is 14.0 Å². The van der Waals surface area contributed by atoms with Crippen LogP contribution in [0.1, 0.15) is 5.56 Å². The van der Waals surface area contributed by atoms with Crippen LogP contribution in [0.4, 0.5) is 9.18 Å². The summed E-state index contributed by atoms with van der Waals surface area (Å²) in [4.78, 5) is 27.0. The van der Waals surface area contributed by atoms with Crippen LogP contribution < -0.4 is 11.4 Å². The summed E-state index contributed by atoms with van der Waals surface area (Å²) < 4.78 is 20.3. The lowest BCUT2D eigenvalue weighted by molar-refractivity contribution is 0.164. The fourth-order valence-electron chi connectivity index (χ4n) is 1.73. The van der Waals surface area contributed by atoms with E-state index in [1.165, 1.54) is 10.9 Å². The third-order valence-electron chi connectivity index (χ3n) is 2.92. The molecule has 2 N–H and O–H groups in total. The summed E-state index contributed by atoms with van der Waals surface area (Å²) in [5.41, 5.74) is 5.25. The maximum absolute atomic E-state index is 12.8. The standard InChI is InChI=1S/C13H13BrFN5O3/c1-8-2-11(17-4-10(8)14)19-7-18-20(13(19)22)5-9(3-15)6-23-12(16)21/h2-4,7H,5-6H2,1H3,(H2,16,21). The molecule has 0 spiro atoms. The van der Waals surface area contributed by atoms with Crippen LogP contribution in [0.15, 0.2) is 39.8 Å². The zero-order chi connectivity index (χ0) is 17.0. The maximum Gasteiger partial charge on any atom is 0.404 e. The lowest BCUT2D eigenvalue weighted by atomic mass is 10.3. The van der Waals surface area contributed by atoms with E-state index in [4.69, 9.17) is 5.73 Å². The molecule has 0 bridgehead atoms. The number of halogens is 2. The van der Waals surface area contributed by atoms with Gasteiger partial charge in [0.15, 0.2) is 0 Å². The van der Waals surface area contributed by atoms with Crippen molar-refractivity contribution in [1.82, 2.24) is 19.3 Å². The van der Waals surface area contributed by atoms with Gasteiger partial charge in [-0.05, 0) is 34.5 Å². The van der Waals surface area contributed by atoms with Crippen molar-refractivity contribution < 1.29 is 13.9 Å². The van der Waals surface area contributed by atoms with Crippen molar-refractivity contribution >= 4 is 22.0 Å². The molecule has 0 saturated heterocycles. The first-order chi connectivity index (χ1) is 10.9. The summed E-state index contributed by atoms with van der Waals surface area (Å²) in [6.07, 6.45) is 2.07. The Labute approximate surface area is 138 Å². The van der Waals surface area contributed by atoms with Crippen molar-refractivity contribution in [2.24, 2.45) is 5.73 Å². The average molecular weight is 386 g/mol. The van der Waals surface area contributed by atoms with Crippen LogP contribution in [0.25, 0.3) is 5.82 Å². The van der Waals surface area contributed by atoms with Crippen molar-refractivity contribution in [2.75, 3.05) is 6.61 Å². The lowest BCUT2D eigenvalue weighted by Gasteiger charge is -2.05. The minimum Gasteiger partial charge on any atom is -0.445 e. The first-order valence-corrected chi connectivity index (χ1v) is 7.19. The molecule has 0 aliphatic carbocycles. The molecule has 2 aromatic heterocycles. The number of aromatic nitrogens is 4. The van der Waals surface area contributed by atoms with Crippen LogP contribution in [-0.4, -0.2) is 32.0 Å². The number of carbonyl (C=O) groups is 1. The molecule has 122 valence electrons. The minimum absolute atomic E-state index is 0.0381. The van der Waals surface area contributed by atoms with Crippen LogP contribution in [0.3, 0.4) is 0 Å². The summed E-state index contributed by atoms with van der Waals surface area (Å²) in [5.74, 6) is 0.390. The van der Waals surface area contributed by atoms with Crippen LogP contribution in [-0.2, 0) is 11.3 Å². The number of pyridine rings is 1. The average Bonchev–Trinajstić information content (AvgIpc) is 2.87. The number of rotatable bonds is 5. The highest BCUT2D eigenvalue weighted by Gasteiger charge is 2.11. The highest BCUT2D eigenvalue weighted by atomic mass is 79.9. The quantitative estimate of drug-likeness (QED) is 0.838. The first-order valence-electron chi connectivity index (χ1n) is 6.39. The van der Waals surface area contributed by atoms with Crippen LogP contribution >= 0.6 is 15.9 Å². The number of amides is 1. The molecule has 2 aromatic rings. The van der Waals surface area contributed by atoms with E-state index in [-0.39, 0.29) is 25.1 Å².